The van der Waals surface area contributed by atoms with Crippen LogP contribution in [0.15, 0.2) is 17.2 Å². The van der Waals surface area contributed by atoms with Crippen LogP contribution in [0.3, 0.4) is 0 Å². The number of piperidine rings is 1. The lowest BCUT2D eigenvalue weighted by atomic mass is 9.93. The fourth-order valence-electron chi connectivity index (χ4n) is 2.68. The van der Waals surface area contributed by atoms with E-state index in [-0.39, 0.29) is 17.1 Å². The highest BCUT2D eigenvalue weighted by molar-refractivity contribution is 5.32. The van der Waals surface area contributed by atoms with Crippen LogP contribution in [-0.4, -0.2) is 28.7 Å². The van der Waals surface area contributed by atoms with Gasteiger partial charge in [-0.1, -0.05) is 0 Å². The Balaban J connectivity index is 2.15. The first-order valence-corrected chi connectivity index (χ1v) is 7.45. The zero-order valence-electron chi connectivity index (χ0n) is 12.9. The zero-order chi connectivity index (χ0) is 14.8. The molecule has 2 N–H and O–H groups in total. The summed E-state index contributed by atoms with van der Waals surface area (Å²) in [4.78, 5) is 16.7. The van der Waals surface area contributed by atoms with Gasteiger partial charge in [-0.25, -0.2) is 4.98 Å². The summed E-state index contributed by atoms with van der Waals surface area (Å²) in [5.41, 5.74) is -0.276. The van der Waals surface area contributed by atoms with Gasteiger partial charge in [-0.3, -0.25) is 4.79 Å². The van der Waals surface area contributed by atoms with Crippen LogP contribution in [-0.2, 0) is 5.54 Å². The summed E-state index contributed by atoms with van der Waals surface area (Å²) in [6.45, 7) is 10.3. The normalized spacial score (nSPS) is 21.5. The molecule has 0 spiro atoms. The molecule has 1 aliphatic heterocycles. The minimum absolute atomic E-state index is 0.0457. The molecule has 0 radical (unpaired) electrons. The fraction of sp³-hybridized carbons (Fsp3) is 0.733. The molecule has 0 amide bonds. The predicted octanol–water partition coefficient (Wildman–Crippen LogP) is 1.80. The van der Waals surface area contributed by atoms with E-state index in [2.05, 4.69) is 22.5 Å². The van der Waals surface area contributed by atoms with Gasteiger partial charge in [-0.2, -0.15) is 0 Å². The van der Waals surface area contributed by atoms with Gasteiger partial charge in [0.05, 0.1) is 0 Å². The Morgan fingerprint density at radius 2 is 2.25 bits per heavy atom. The number of nitrogens with one attached hydrogen (secondary N) is 2. The first-order chi connectivity index (χ1) is 9.39. The van der Waals surface area contributed by atoms with E-state index in [1.165, 1.54) is 12.8 Å². The number of anilines is 1. The molecule has 0 aliphatic carbocycles. The quantitative estimate of drug-likeness (QED) is 0.885. The molecule has 2 atom stereocenters. The first kappa shape index (κ1) is 15.0. The Hall–Kier alpha value is -1.36. The molecule has 20 heavy (non-hydrogen) atoms. The predicted molar refractivity (Wildman–Crippen MR) is 82.2 cm³/mol. The largest absolute Gasteiger partial charge is 0.363 e. The summed E-state index contributed by atoms with van der Waals surface area (Å²) in [5, 5.41) is 6.72. The molecule has 1 aliphatic rings. The lowest BCUT2D eigenvalue weighted by molar-refractivity contribution is 0.345. The molecule has 112 valence electrons. The third kappa shape index (κ3) is 3.39. The maximum Gasteiger partial charge on any atom is 0.293 e. The fourth-order valence-corrected chi connectivity index (χ4v) is 2.68. The van der Waals surface area contributed by atoms with Gasteiger partial charge in [-0.15, -0.1) is 0 Å². The van der Waals surface area contributed by atoms with Gasteiger partial charge in [-0.05, 0) is 59.5 Å². The van der Waals surface area contributed by atoms with Gasteiger partial charge < -0.3 is 15.2 Å². The lowest BCUT2D eigenvalue weighted by Gasteiger charge is -2.29. The van der Waals surface area contributed by atoms with Gasteiger partial charge in [0.15, 0.2) is 5.82 Å². The van der Waals surface area contributed by atoms with Crippen molar-refractivity contribution in [3.05, 3.63) is 22.7 Å². The molecule has 1 fully saturated rings. The highest BCUT2D eigenvalue weighted by Crippen LogP contribution is 2.17. The Kier molecular flexibility index (Phi) is 4.48. The standard InChI is InChI=1S/C15H26N4O/c1-11(12-6-5-7-16-10-12)18-13-14(20)19(9-8-17-13)15(2,3)4/h8-9,11-12,16H,5-7,10H2,1-4H3,(H,17,18). The van der Waals surface area contributed by atoms with Crippen LogP contribution < -0.4 is 16.2 Å². The van der Waals surface area contributed by atoms with Gasteiger partial charge >= 0.3 is 0 Å². The molecule has 1 aromatic rings. The monoisotopic (exact) mass is 278 g/mol. The van der Waals surface area contributed by atoms with Crippen molar-refractivity contribution in [2.45, 2.75) is 52.1 Å². The SMILES string of the molecule is CC(Nc1nccn(C(C)(C)C)c1=O)C1CCCNC1. The summed E-state index contributed by atoms with van der Waals surface area (Å²) in [6.07, 6.45) is 5.84. The van der Waals surface area contributed by atoms with Crippen molar-refractivity contribution in [2.24, 2.45) is 5.92 Å². The van der Waals surface area contributed by atoms with Gasteiger partial charge in [0, 0.05) is 24.0 Å². The van der Waals surface area contributed by atoms with E-state index in [4.69, 9.17) is 0 Å². The maximum atomic E-state index is 12.5. The van der Waals surface area contributed by atoms with Crippen molar-refractivity contribution in [1.82, 2.24) is 14.9 Å². The maximum absolute atomic E-state index is 12.5. The molecule has 0 bridgehead atoms. The van der Waals surface area contributed by atoms with Crippen LogP contribution in [0.5, 0.6) is 0 Å². The van der Waals surface area contributed by atoms with Crippen LogP contribution in [0.2, 0.25) is 0 Å². The van der Waals surface area contributed by atoms with Crippen molar-refractivity contribution >= 4 is 5.82 Å². The van der Waals surface area contributed by atoms with Crippen LogP contribution in [0.4, 0.5) is 5.82 Å². The second-order valence-electron chi connectivity index (χ2n) is 6.66. The molecule has 1 saturated heterocycles. The molecular formula is C15H26N4O. The summed E-state index contributed by atoms with van der Waals surface area (Å²) >= 11 is 0. The van der Waals surface area contributed by atoms with Crippen molar-refractivity contribution in [3.8, 4) is 0 Å². The van der Waals surface area contributed by atoms with Crippen molar-refractivity contribution in [2.75, 3.05) is 18.4 Å². The van der Waals surface area contributed by atoms with E-state index in [0.717, 1.165) is 13.1 Å². The smallest absolute Gasteiger partial charge is 0.293 e. The highest BCUT2D eigenvalue weighted by Gasteiger charge is 2.22. The topological polar surface area (TPSA) is 59.0 Å². The Bertz CT molecular complexity index is 497. The molecule has 2 rings (SSSR count). The van der Waals surface area contributed by atoms with Crippen molar-refractivity contribution < 1.29 is 0 Å². The molecular weight excluding hydrogens is 252 g/mol. The number of rotatable bonds is 3. The average Bonchev–Trinajstić information content (AvgIpc) is 2.40. The first-order valence-electron chi connectivity index (χ1n) is 7.45. The number of aromatic nitrogens is 2. The van der Waals surface area contributed by atoms with Crippen LogP contribution >= 0.6 is 0 Å². The average molecular weight is 278 g/mol. The van der Waals surface area contributed by atoms with E-state index >= 15 is 0 Å². The van der Waals surface area contributed by atoms with Gasteiger partial charge in [0.1, 0.15) is 0 Å². The molecule has 1 aromatic heterocycles. The number of hydrogen-bond donors (Lipinski definition) is 2. The third-order valence-corrected chi connectivity index (χ3v) is 3.97. The minimum atomic E-state index is -0.230. The summed E-state index contributed by atoms with van der Waals surface area (Å²) in [6, 6.07) is 0.249. The number of nitrogens with zero attached hydrogens (tertiary/aromatic N) is 2. The van der Waals surface area contributed by atoms with E-state index in [1.807, 2.05) is 20.8 Å². The van der Waals surface area contributed by atoms with Gasteiger partial charge in [0.2, 0.25) is 0 Å². The van der Waals surface area contributed by atoms with E-state index in [9.17, 15) is 4.79 Å². The molecule has 5 nitrogen and oxygen atoms in total. The van der Waals surface area contributed by atoms with E-state index in [0.29, 0.717) is 11.7 Å². The van der Waals surface area contributed by atoms with Crippen LogP contribution in [0, 0.1) is 5.92 Å². The van der Waals surface area contributed by atoms with E-state index < -0.39 is 0 Å². The molecule has 2 unspecified atom stereocenters. The van der Waals surface area contributed by atoms with Crippen LogP contribution in [0.25, 0.3) is 0 Å². The summed E-state index contributed by atoms with van der Waals surface area (Å²) in [7, 11) is 0. The van der Waals surface area contributed by atoms with Crippen molar-refractivity contribution in [3.63, 3.8) is 0 Å². The second kappa shape index (κ2) is 5.95. The minimum Gasteiger partial charge on any atom is -0.363 e. The second-order valence-corrected chi connectivity index (χ2v) is 6.66. The summed E-state index contributed by atoms with van der Waals surface area (Å²) < 4.78 is 1.73. The van der Waals surface area contributed by atoms with Crippen LogP contribution in [0.1, 0.15) is 40.5 Å². The molecule has 2 heterocycles. The summed E-state index contributed by atoms with van der Waals surface area (Å²) in [5.74, 6) is 1.01. The lowest BCUT2D eigenvalue weighted by Crippen LogP contribution is -2.41. The zero-order valence-corrected chi connectivity index (χ0v) is 12.9. The number of hydrogen-bond acceptors (Lipinski definition) is 4. The molecule has 0 aromatic carbocycles. The Labute approximate surface area is 120 Å². The highest BCUT2D eigenvalue weighted by atomic mass is 16.1. The Morgan fingerprint density at radius 3 is 2.85 bits per heavy atom. The van der Waals surface area contributed by atoms with E-state index in [1.54, 1.807) is 17.0 Å². The van der Waals surface area contributed by atoms with Crippen molar-refractivity contribution in [1.29, 1.82) is 0 Å². The molecule has 0 saturated carbocycles. The third-order valence-electron chi connectivity index (χ3n) is 3.97. The molecule has 5 heteroatoms. The van der Waals surface area contributed by atoms with Gasteiger partial charge in [0.25, 0.3) is 5.56 Å². The Morgan fingerprint density at radius 1 is 1.50 bits per heavy atom.